The van der Waals surface area contributed by atoms with E-state index in [0.717, 1.165) is 23.4 Å². The Balaban J connectivity index is 2.45. The number of ether oxygens (including phenoxy) is 1. The zero-order valence-electron chi connectivity index (χ0n) is 11.1. The van der Waals surface area contributed by atoms with Gasteiger partial charge in [-0.2, -0.15) is 0 Å². The van der Waals surface area contributed by atoms with Gasteiger partial charge in [-0.25, -0.2) is 0 Å². The van der Waals surface area contributed by atoms with Gasteiger partial charge in [-0.1, -0.05) is 30.7 Å². The summed E-state index contributed by atoms with van der Waals surface area (Å²) in [4.78, 5) is 4.18. The molecule has 0 bridgehead atoms. The highest BCUT2D eigenvalue weighted by Crippen LogP contribution is 2.31. The molecule has 0 aliphatic rings. The van der Waals surface area contributed by atoms with Crippen molar-refractivity contribution in [2.45, 2.75) is 13.0 Å². The van der Waals surface area contributed by atoms with E-state index in [9.17, 15) is 0 Å². The Morgan fingerprint density at radius 2 is 2.21 bits per heavy atom. The average molecular weight is 277 g/mol. The highest BCUT2D eigenvalue weighted by molar-refractivity contribution is 6.30. The van der Waals surface area contributed by atoms with Crippen LogP contribution in [-0.2, 0) is 0 Å². The maximum Gasteiger partial charge on any atom is 0.125 e. The topological polar surface area (TPSA) is 34.2 Å². The molecule has 1 atom stereocenters. The fourth-order valence-electron chi connectivity index (χ4n) is 2.08. The van der Waals surface area contributed by atoms with Crippen molar-refractivity contribution in [3.05, 3.63) is 58.9 Å². The van der Waals surface area contributed by atoms with Crippen LogP contribution in [0.4, 0.5) is 0 Å². The van der Waals surface area contributed by atoms with Gasteiger partial charge >= 0.3 is 0 Å². The van der Waals surface area contributed by atoms with Crippen LogP contribution in [-0.4, -0.2) is 18.6 Å². The molecule has 19 heavy (non-hydrogen) atoms. The van der Waals surface area contributed by atoms with Crippen molar-refractivity contribution in [2.24, 2.45) is 0 Å². The molecule has 0 saturated carbocycles. The van der Waals surface area contributed by atoms with Gasteiger partial charge in [0.05, 0.1) is 13.2 Å². The number of pyridine rings is 1. The molecule has 2 aromatic rings. The van der Waals surface area contributed by atoms with Crippen LogP contribution in [0.15, 0.2) is 42.7 Å². The molecule has 1 N–H and O–H groups in total. The lowest BCUT2D eigenvalue weighted by Crippen LogP contribution is -2.22. The summed E-state index contributed by atoms with van der Waals surface area (Å²) in [6.07, 6.45) is 3.63. The van der Waals surface area contributed by atoms with Crippen molar-refractivity contribution in [1.82, 2.24) is 10.3 Å². The molecule has 0 spiro atoms. The van der Waals surface area contributed by atoms with Gasteiger partial charge in [0.15, 0.2) is 0 Å². The lowest BCUT2D eigenvalue weighted by molar-refractivity contribution is 0.404. The first kappa shape index (κ1) is 13.8. The molecule has 2 rings (SSSR count). The van der Waals surface area contributed by atoms with Gasteiger partial charge in [-0.15, -0.1) is 0 Å². The second-order valence-corrected chi connectivity index (χ2v) is 4.60. The second-order valence-electron chi connectivity index (χ2n) is 4.16. The summed E-state index contributed by atoms with van der Waals surface area (Å²) in [5, 5.41) is 4.11. The highest BCUT2D eigenvalue weighted by atomic mass is 35.5. The van der Waals surface area contributed by atoms with E-state index in [2.05, 4.69) is 17.2 Å². The van der Waals surface area contributed by atoms with E-state index in [-0.39, 0.29) is 6.04 Å². The van der Waals surface area contributed by atoms with Crippen LogP contribution < -0.4 is 10.1 Å². The van der Waals surface area contributed by atoms with Gasteiger partial charge in [-0.3, -0.25) is 4.98 Å². The molecule has 0 amide bonds. The van der Waals surface area contributed by atoms with E-state index in [1.54, 1.807) is 13.3 Å². The monoisotopic (exact) mass is 276 g/mol. The largest absolute Gasteiger partial charge is 0.496 e. The summed E-state index contributed by atoms with van der Waals surface area (Å²) < 4.78 is 5.43. The number of methoxy groups -OCH3 is 1. The maximum absolute atomic E-state index is 6.01. The first-order valence-electron chi connectivity index (χ1n) is 6.23. The minimum atomic E-state index is 0.0471. The van der Waals surface area contributed by atoms with E-state index in [0.29, 0.717) is 5.02 Å². The molecule has 1 aromatic heterocycles. The predicted octanol–water partition coefficient (Wildman–Crippen LogP) is 3.44. The van der Waals surface area contributed by atoms with E-state index in [4.69, 9.17) is 16.3 Å². The fraction of sp³-hybridized carbons (Fsp3) is 0.267. The minimum absolute atomic E-state index is 0.0471. The summed E-state index contributed by atoms with van der Waals surface area (Å²) >= 11 is 6.01. The standard InChI is InChI=1S/C15H17ClN2O/c1-3-18-15(11-5-4-8-17-10-11)13-7-6-12(16)9-14(13)19-2/h4-10,15,18H,3H2,1-2H3. The van der Waals surface area contributed by atoms with Crippen LogP contribution in [0, 0.1) is 0 Å². The van der Waals surface area contributed by atoms with E-state index in [1.165, 1.54) is 0 Å². The molecular weight excluding hydrogens is 260 g/mol. The number of benzene rings is 1. The lowest BCUT2D eigenvalue weighted by Gasteiger charge is -2.21. The van der Waals surface area contributed by atoms with Crippen molar-refractivity contribution in [3.63, 3.8) is 0 Å². The zero-order valence-corrected chi connectivity index (χ0v) is 11.8. The third kappa shape index (κ3) is 3.25. The Bertz CT molecular complexity index is 531. The van der Waals surface area contributed by atoms with Crippen molar-refractivity contribution in [3.8, 4) is 5.75 Å². The van der Waals surface area contributed by atoms with Gasteiger partial charge in [0.2, 0.25) is 0 Å². The van der Waals surface area contributed by atoms with Crippen LogP contribution in [0.1, 0.15) is 24.1 Å². The molecule has 1 heterocycles. The smallest absolute Gasteiger partial charge is 0.125 e. The Labute approximate surface area is 118 Å². The number of aromatic nitrogens is 1. The third-order valence-electron chi connectivity index (χ3n) is 2.93. The second kappa shape index (κ2) is 6.55. The number of hydrogen-bond donors (Lipinski definition) is 1. The Kier molecular flexibility index (Phi) is 4.77. The van der Waals surface area contributed by atoms with Gasteiger partial charge in [0.1, 0.15) is 5.75 Å². The third-order valence-corrected chi connectivity index (χ3v) is 3.17. The SMILES string of the molecule is CCNC(c1cccnc1)c1ccc(Cl)cc1OC. The number of rotatable bonds is 5. The van der Waals surface area contributed by atoms with Gasteiger partial charge in [0, 0.05) is 23.0 Å². The molecule has 1 unspecified atom stereocenters. The summed E-state index contributed by atoms with van der Waals surface area (Å²) in [5.41, 5.74) is 2.16. The van der Waals surface area contributed by atoms with Crippen molar-refractivity contribution in [2.75, 3.05) is 13.7 Å². The normalized spacial score (nSPS) is 12.2. The number of nitrogens with one attached hydrogen (secondary N) is 1. The van der Waals surface area contributed by atoms with E-state index < -0.39 is 0 Å². The first-order chi connectivity index (χ1) is 9.26. The maximum atomic E-state index is 6.01. The molecule has 0 aliphatic carbocycles. The summed E-state index contributed by atoms with van der Waals surface area (Å²) in [6, 6.07) is 9.72. The number of hydrogen-bond acceptors (Lipinski definition) is 3. The average Bonchev–Trinajstić information content (AvgIpc) is 2.46. The molecule has 0 saturated heterocycles. The summed E-state index contributed by atoms with van der Waals surface area (Å²) in [7, 11) is 1.65. The van der Waals surface area contributed by atoms with Crippen molar-refractivity contribution < 1.29 is 4.74 Å². The molecule has 100 valence electrons. The van der Waals surface area contributed by atoms with Crippen LogP contribution in [0.2, 0.25) is 5.02 Å². The lowest BCUT2D eigenvalue weighted by atomic mass is 9.99. The van der Waals surface area contributed by atoms with Crippen LogP contribution in [0.3, 0.4) is 0 Å². The molecule has 0 fully saturated rings. The van der Waals surface area contributed by atoms with E-state index >= 15 is 0 Å². The Morgan fingerprint density at radius 1 is 1.37 bits per heavy atom. The summed E-state index contributed by atoms with van der Waals surface area (Å²) in [6.45, 7) is 2.93. The van der Waals surface area contributed by atoms with E-state index in [1.807, 2.05) is 36.5 Å². The molecule has 4 heteroatoms. The fourth-order valence-corrected chi connectivity index (χ4v) is 2.24. The van der Waals surface area contributed by atoms with Gasteiger partial charge in [0.25, 0.3) is 0 Å². The molecular formula is C15H17ClN2O. The molecule has 0 aliphatic heterocycles. The predicted molar refractivity (Wildman–Crippen MR) is 77.8 cm³/mol. The van der Waals surface area contributed by atoms with Crippen LogP contribution in [0.5, 0.6) is 5.75 Å². The molecule has 1 aromatic carbocycles. The van der Waals surface area contributed by atoms with Crippen molar-refractivity contribution in [1.29, 1.82) is 0 Å². The number of nitrogens with zero attached hydrogens (tertiary/aromatic N) is 1. The molecule has 3 nitrogen and oxygen atoms in total. The summed E-state index contributed by atoms with van der Waals surface area (Å²) in [5.74, 6) is 0.780. The molecule has 0 radical (unpaired) electrons. The highest BCUT2D eigenvalue weighted by Gasteiger charge is 2.17. The van der Waals surface area contributed by atoms with Crippen molar-refractivity contribution >= 4 is 11.6 Å². The first-order valence-corrected chi connectivity index (χ1v) is 6.60. The quantitative estimate of drug-likeness (QED) is 0.908. The zero-order chi connectivity index (χ0) is 13.7. The minimum Gasteiger partial charge on any atom is -0.496 e. The Morgan fingerprint density at radius 3 is 2.84 bits per heavy atom. The Hall–Kier alpha value is -1.58. The van der Waals surface area contributed by atoms with Gasteiger partial charge in [-0.05, 0) is 30.3 Å². The van der Waals surface area contributed by atoms with Gasteiger partial charge < -0.3 is 10.1 Å². The van der Waals surface area contributed by atoms with Crippen LogP contribution >= 0.6 is 11.6 Å². The number of halogens is 1. The van der Waals surface area contributed by atoms with Crippen LogP contribution in [0.25, 0.3) is 0 Å².